The summed E-state index contributed by atoms with van der Waals surface area (Å²) in [6.45, 7) is 3.47. The largest absolute Gasteiger partial charge is 0.496 e. The molecule has 3 rings (SSSR count). The van der Waals surface area contributed by atoms with Gasteiger partial charge in [-0.25, -0.2) is 0 Å². The van der Waals surface area contributed by atoms with Crippen molar-refractivity contribution in [3.05, 3.63) is 48.3 Å². The van der Waals surface area contributed by atoms with Crippen molar-refractivity contribution in [2.24, 2.45) is 0 Å². The van der Waals surface area contributed by atoms with Crippen molar-refractivity contribution in [2.75, 3.05) is 20.2 Å². The first kappa shape index (κ1) is 15.6. The van der Waals surface area contributed by atoms with Crippen LogP contribution in [0.3, 0.4) is 0 Å². The maximum Gasteiger partial charge on any atom is 0.247 e. The fraction of sp³-hybridized carbons (Fsp3) is 0.444. The second kappa shape index (κ2) is 6.86. The molecular weight excluding hydrogens is 290 g/mol. The molecule has 1 aromatic heterocycles. The van der Waals surface area contributed by atoms with E-state index in [-0.39, 0.29) is 11.9 Å². The quantitative estimate of drug-likeness (QED) is 0.872. The van der Waals surface area contributed by atoms with E-state index in [1.165, 1.54) is 5.56 Å². The molecule has 1 aromatic carbocycles. The summed E-state index contributed by atoms with van der Waals surface area (Å²) in [5, 5.41) is 4.17. The Morgan fingerprint density at radius 3 is 2.65 bits per heavy atom. The van der Waals surface area contributed by atoms with Crippen LogP contribution < -0.4 is 4.74 Å². The first-order valence-electron chi connectivity index (χ1n) is 8.11. The average Bonchev–Trinajstić information content (AvgIpc) is 3.15. The van der Waals surface area contributed by atoms with E-state index in [1.54, 1.807) is 18.0 Å². The lowest BCUT2D eigenvalue weighted by molar-refractivity contribution is -0.135. The van der Waals surface area contributed by atoms with Gasteiger partial charge in [-0.15, -0.1) is 0 Å². The van der Waals surface area contributed by atoms with Crippen LogP contribution in [0.2, 0.25) is 0 Å². The van der Waals surface area contributed by atoms with Crippen molar-refractivity contribution in [1.82, 2.24) is 14.7 Å². The van der Waals surface area contributed by atoms with Gasteiger partial charge < -0.3 is 9.64 Å². The normalized spacial score (nSPS) is 17.0. The molecule has 0 bridgehead atoms. The lowest BCUT2D eigenvalue weighted by Crippen LogP contribution is -2.41. The van der Waals surface area contributed by atoms with E-state index in [2.05, 4.69) is 17.2 Å². The Hall–Kier alpha value is -2.30. The number of methoxy groups -OCH3 is 1. The van der Waals surface area contributed by atoms with Crippen LogP contribution in [0.4, 0.5) is 0 Å². The van der Waals surface area contributed by atoms with Crippen LogP contribution in [0.15, 0.2) is 42.7 Å². The number of piperidine rings is 1. The van der Waals surface area contributed by atoms with Crippen LogP contribution >= 0.6 is 0 Å². The van der Waals surface area contributed by atoms with Gasteiger partial charge in [0.25, 0.3) is 0 Å². The molecule has 0 N–H and O–H groups in total. The smallest absolute Gasteiger partial charge is 0.247 e. The molecule has 5 heteroatoms. The molecule has 0 unspecified atom stereocenters. The molecule has 2 aromatic rings. The fourth-order valence-electron chi connectivity index (χ4n) is 3.30. The molecule has 2 heterocycles. The van der Waals surface area contributed by atoms with Crippen LogP contribution in [0.5, 0.6) is 5.75 Å². The molecule has 1 atom stereocenters. The Labute approximate surface area is 136 Å². The first-order chi connectivity index (χ1) is 11.2. The summed E-state index contributed by atoms with van der Waals surface area (Å²) in [6, 6.07) is 9.78. The molecular formula is C18H23N3O2. The number of aromatic nitrogens is 2. The summed E-state index contributed by atoms with van der Waals surface area (Å²) in [5.74, 6) is 1.55. The Morgan fingerprint density at radius 1 is 1.26 bits per heavy atom. The number of para-hydroxylation sites is 1. The SMILES string of the molecule is COc1ccccc1C1CCN(C(=O)[C@@H](C)n2cccn2)CC1. The molecule has 0 radical (unpaired) electrons. The van der Waals surface area contributed by atoms with Gasteiger partial charge in [0, 0.05) is 25.5 Å². The van der Waals surface area contributed by atoms with E-state index < -0.39 is 0 Å². The highest BCUT2D eigenvalue weighted by molar-refractivity contribution is 5.80. The minimum Gasteiger partial charge on any atom is -0.496 e. The molecule has 1 saturated heterocycles. The summed E-state index contributed by atoms with van der Waals surface area (Å²) in [5.41, 5.74) is 1.25. The van der Waals surface area contributed by atoms with Crippen LogP contribution in [-0.2, 0) is 4.79 Å². The van der Waals surface area contributed by atoms with Gasteiger partial charge in [-0.2, -0.15) is 5.10 Å². The van der Waals surface area contributed by atoms with Crippen LogP contribution in [0, 0.1) is 0 Å². The van der Waals surface area contributed by atoms with E-state index in [0.29, 0.717) is 5.92 Å². The molecule has 5 nitrogen and oxygen atoms in total. The number of amides is 1. The Morgan fingerprint density at radius 2 is 2.00 bits per heavy atom. The van der Waals surface area contributed by atoms with E-state index in [1.807, 2.05) is 36.2 Å². The lowest BCUT2D eigenvalue weighted by atomic mass is 9.88. The van der Waals surface area contributed by atoms with Gasteiger partial charge in [-0.3, -0.25) is 9.48 Å². The molecule has 1 fully saturated rings. The zero-order valence-corrected chi connectivity index (χ0v) is 13.7. The third-order valence-electron chi connectivity index (χ3n) is 4.66. The molecule has 0 spiro atoms. The van der Waals surface area contributed by atoms with Gasteiger partial charge in [-0.1, -0.05) is 18.2 Å². The summed E-state index contributed by atoms with van der Waals surface area (Å²) >= 11 is 0. The highest BCUT2D eigenvalue weighted by Crippen LogP contribution is 2.34. The maximum absolute atomic E-state index is 12.6. The topological polar surface area (TPSA) is 47.4 Å². The van der Waals surface area contributed by atoms with E-state index in [9.17, 15) is 4.79 Å². The Bertz CT molecular complexity index is 646. The number of ether oxygens (including phenoxy) is 1. The third kappa shape index (κ3) is 3.23. The van der Waals surface area contributed by atoms with Gasteiger partial charge in [0.1, 0.15) is 11.8 Å². The number of carbonyl (C=O) groups is 1. The van der Waals surface area contributed by atoms with Gasteiger partial charge >= 0.3 is 0 Å². The summed E-state index contributed by atoms with van der Waals surface area (Å²) in [6.07, 6.45) is 5.48. The molecule has 1 amide bonds. The summed E-state index contributed by atoms with van der Waals surface area (Å²) < 4.78 is 7.18. The number of likely N-dealkylation sites (tertiary alicyclic amines) is 1. The van der Waals surface area contributed by atoms with Crippen molar-refractivity contribution in [3.63, 3.8) is 0 Å². The molecule has 122 valence electrons. The Balaban J connectivity index is 1.63. The van der Waals surface area contributed by atoms with Crippen molar-refractivity contribution in [2.45, 2.75) is 31.7 Å². The predicted octanol–water partition coefficient (Wildman–Crippen LogP) is 2.86. The number of carbonyl (C=O) groups excluding carboxylic acids is 1. The van der Waals surface area contributed by atoms with E-state index in [4.69, 9.17) is 4.74 Å². The number of benzene rings is 1. The van der Waals surface area contributed by atoms with Gasteiger partial charge in [-0.05, 0) is 43.4 Å². The summed E-state index contributed by atoms with van der Waals surface area (Å²) in [7, 11) is 1.71. The molecule has 0 saturated carbocycles. The van der Waals surface area contributed by atoms with E-state index >= 15 is 0 Å². The molecule has 23 heavy (non-hydrogen) atoms. The van der Waals surface area contributed by atoms with Crippen LogP contribution in [0.25, 0.3) is 0 Å². The standard InChI is InChI=1S/C18H23N3O2/c1-14(21-11-5-10-19-21)18(22)20-12-8-15(9-13-20)16-6-3-4-7-17(16)23-2/h3-7,10-11,14-15H,8-9,12-13H2,1-2H3/t14-/m1/s1. The second-order valence-electron chi connectivity index (χ2n) is 6.00. The highest BCUT2D eigenvalue weighted by Gasteiger charge is 2.28. The second-order valence-corrected chi connectivity index (χ2v) is 6.00. The van der Waals surface area contributed by atoms with Crippen LogP contribution in [0.1, 0.15) is 37.3 Å². The number of nitrogens with zero attached hydrogens (tertiary/aromatic N) is 3. The zero-order chi connectivity index (χ0) is 16.2. The molecule has 1 aliphatic rings. The monoisotopic (exact) mass is 313 g/mol. The van der Waals surface area contributed by atoms with Crippen molar-refractivity contribution < 1.29 is 9.53 Å². The lowest BCUT2D eigenvalue weighted by Gasteiger charge is -2.34. The average molecular weight is 313 g/mol. The molecule has 1 aliphatic heterocycles. The highest BCUT2D eigenvalue weighted by atomic mass is 16.5. The maximum atomic E-state index is 12.6. The predicted molar refractivity (Wildman–Crippen MR) is 88.5 cm³/mol. The van der Waals surface area contributed by atoms with Gasteiger partial charge in [0.15, 0.2) is 0 Å². The Kier molecular flexibility index (Phi) is 4.65. The van der Waals surface area contributed by atoms with Crippen molar-refractivity contribution >= 4 is 5.91 Å². The van der Waals surface area contributed by atoms with E-state index in [0.717, 1.165) is 31.7 Å². The number of hydrogen-bond donors (Lipinski definition) is 0. The summed E-state index contributed by atoms with van der Waals surface area (Å²) in [4.78, 5) is 14.6. The van der Waals surface area contributed by atoms with Crippen molar-refractivity contribution in [1.29, 1.82) is 0 Å². The zero-order valence-electron chi connectivity index (χ0n) is 13.7. The number of hydrogen-bond acceptors (Lipinski definition) is 3. The minimum atomic E-state index is -0.243. The van der Waals surface area contributed by atoms with Gasteiger partial charge in [0.2, 0.25) is 5.91 Å². The van der Waals surface area contributed by atoms with Crippen molar-refractivity contribution in [3.8, 4) is 5.75 Å². The molecule has 0 aliphatic carbocycles. The van der Waals surface area contributed by atoms with Gasteiger partial charge in [0.05, 0.1) is 7.11 Å². The van der Waals surface area contributed by atoms with Crippen LogP contribution in [-0.4, -0.2) is 40.8 Å². The fourth-order valence-corrected chi connectivity index (χ4v) is 3.30. The minimum absolute atomic E-state index is 0.146. The number of rotatable bonds is 4. The first-order valence-corrected chi connectivity index (χ1v) is 8.11. The third-order valence-corrected chi connectivity index (χ3v) is 4.66.